The van der Waals surface area contributed by atoms with Crippen LogP contribution < -0.4 is 0 Å². The van der Waals surface area contributed by atoms with Crippen LogP contribution in [0.25, 0.3) is 22.3 Å². The van der Waals surface area contributed by atoms with Crippen LogP contribution in [-0.4, -0.2) is 24.7 Å². The van der Waals surface area contributed by atoms with Crippen molar-refractivity contribution in [3.05, 3.63) is 42.6 Å². The van der Waals surface area contributed by atoms with E-state index in [2.05, 4.69) is 26.6 Å². The van der Waals surface area contributed by atoms with E-state index >= 15 is 0 Å². The third-order valence-electron chi connectivity index (χ3n) is 2.86. The number of aromatic amines is 1. The van der Waals surface area contributed by atoms with Crippen LogP contribution in [0.3, 0.4) is 0 Å². The van der Waals surface area contributed by atoms with E-state index in [-0.39, 0.29) is 5.28 Å². The molecule has 3 aromatic rings. The predicted octanol–water partition coefficient (Wildman–Crippen LogP) is 3.05. The highest BCUT2D eigenvalue weighted by Crippen LogP contribution is 2.26. The highest BCUT2D eigenvalue weighted by Gasteiger charge is 2.11. The maximum atomic E-state index is 5.94. The zero-order valence-corrected chi connectivity index (χ0v) is 10.9. The molecule has 0 aromatic carbocycles. The van der Waals surface area contributed by atoms with E-state index in [1.54, 1.807) is 6.20 Å². The fourth-order valence-electron chi connectivity index (χ4n) is 1.97. The molecule has 3 heterocycles. The lowest BCUT2D eigenvalue weighted by atomic mass is 10.2. The van der Waals surface area contributed by atoms with Gasteiger partial charge in [0, 0.05) is 29.9 Å². The normalized spacial score (nSPS) is 11.0. The van der Waals surface area contributed by atoms with Gasteiger partial charge in [-0.1, -0.05) is 6.08 Å². The first kappa shape index (κ1) is 11.9. The van der Waals surface area contributed by atoms with E-state index in [1.165, 1.54) is 0 Å². The number of hydrogen-bond donors (Lipinski definition) is 1. The minimum absolute atomic E-state index is 0.226. The van der Waals surface area contributed by atoms with Crippen molar-refractivity contribution in [3.8, 4) is 11.3 Å². The first-order valence-electron chi connectivity index (χ1n) is 5.92. The Morgan fingerprint density at radius 1 is 1.42 bits per heavy atom. The van der Waals surface area contributed by atoms with Gasteiger partial charge in [0.25, 0.3) is 0 Å². The van der Waals surface area contributed by atoms with Crippen molar-refractivity contribution >= 4 is 22.6 Å². The smallest absolute Gasteiger partial charge is 0.224 e. The Morgan fingerprint density at radius 2 is 2.32 bits per heavy atom. The van der Waals surface area contributed by atoms with Crippen molar-refractivity contribution in [3.63, 3.8) is 0 Å². The van der Waals surface area contributed by atoms with Crippen molar-refractivity contribution in [2.45, 2.75) is 13.0 Å². The molecule has 96 valence electrons. The van der Waals surface area contributed by atoms with E-state index < -0.39 is 0 Å². The fraction of sp³-hybridized carbons (Fsp3) is 0.154. The molecule has 5 nitrogen and oxygen atoms in total. The lowest BCUT2D eigenvalue weighted by Gasteiger charge is -2.00. The van der Waals surface area contributed by atoms with Crippen LogP contribution in [0.2, 0.25) is 5.28 Å². The second kappa shape index (κ2) is 4.85. The quantitative estimate of drug-likeness (QED) is 0.587. The molecular formula is C13H12ClN5. The molecule has 0 atom stereocenters. The average Bonchev–Trinajstić information content (AvgIpc) is 3.03. The Kier molecular flexibility index (Phi) is 3.05. The number of rotatable bonds is 4. The van der Waals surface area contributed by atoms with Crippen molar-refractivity contribution in [2.75, 3.05) is 0 Å². The van der Waals surface area contributed by atoms with Gasteiger partial charge in [-0.2, -0.15) is 10.1 Å². The second-order valence-electron chi connectivity index (χ2n) is 4.15. The molecule has 6 heteroatoms. The van der Waals surface area contributed by atoms with Crippen molar-refractivity contribution in [1.29, 1.82) is 0 Å². The molecule has 19 heavy (non-hydrogen) atoms. The van der Waals surface area contributed by atoms with Crippen molar-refractivity contribution in [2.24, 2.45) is 0 Å². The van der Waals surface area contributed by atoms with Crippen LogP contribution in [0.5, 0.6) is 0 Å². The fourth-order valence-corrected chi connectivity index (χ4v) is 2.13. The summed E-state index contributed by atoms with van der Waals surface area (Å²) in [7, 11) is 0. The molecule has 3 aromatic heterocycles. The molecule has 0 bridgehead atoms. The summed E-state index contributed by atoms with van der Waals surface area (Å²) in [5.74, 6) is 0. The Bertz CT molecular complexity index is 728. The summed E-state index contributed by atoms with van der Waals surface area (Å²) in [6, 6.07) is 1.93. The molecular weight excluding hydrogens is 262 g/mol. The highest BCUT2D eigenvalue weighted by atomic mass is 35.5. The summed E-state index contributed by atoms with van der Waals surface area (Å²) in [5.41, 5.74) is 2.45. The van der Waals surface area contributed by atoms with Gasteiger partial charge in [-0.05, 0) is 24.1 Å². The lowest BCUT2D eigenvalue weighted by molar-refractivity contribution is 0.624. The summed E-state index contributed by atoms with van der Waals surface area (Å²) in [5, 5.41) is 5.47. The lowest BCUT2D eigenvalue weighted by Crippen LogP contribution is -1.96. The van der Waals surface area contributed by atoms with Gasteiger partial charge >= 0.3 is 0 Å². The largest absolute Gasteiger partial charge is 0.346 e. The summed E-state index contributed by atoms with van der Waals surface area (Å²) in [6.45, 7) is 4.51. The van der Waals surface area contributed by atoms with Gasteiger partial charge in [0.2, 0.25) is 5.28 Å². The third kappa shape index (κ3) is 2.24. The molecule has 0 saturated heterocycles. The summed E-state index contributed by atoms with van der Waals surface area (Å²) in [6.07, 6.45) is 8.31. The van der Waals surface area contributed by atoms with E-state index in [4.69, 9.17) is 11.6 Å². The van der Waals surface area contributed by atoms with Gasteiger partial charge < -0.3 is 4.98 Å². The van der Waals surface area contributed by atoms with Gasteiger partial charge in [0.1, 0.15) is 5.65 Å². The van der Waals surface area contributed by atoms with Crippen LogP contribution in [0, 0.1) is 0 Å². The monoisotopic (exact) mass is 273 g/mol. The summed E-state index contributed by atoms with van der Waals surface area (Å²) in [4.78, 5) is 11.5. The Labute approximate surface area is 114 Å². The van der Waals surface area contributed by atoms with Crippen LogP contribution in [0.1, 0.15) is 6.42 Å². The van der Waals surface area contributed by atoms with Crippen LogP contribution >= 0.6 is 11.6 Å². The number of halogens is 1. The minimum Gasteiger partial charge on any atom is -0.346 e. The molecule has 0 fully saturated rings. The topological polar surface area (TPSA) is 59.4 Å². The molecule has 0 aliphatic rings. The zero-order chi connectivity index (χ0) is 13.2. The minimum atomic E-state index is 0.226. The molecule has 0 aliphatic carbocycles. The first-order chi connectivity index (χ1) is 9.28. The predicted molar refractivity (Wildman–Crippen MR) is 74.9 cm³/mol. The molecule has 1 N–H and O–H groups in total. The van der Waals surface area contributed by atoms with E-state index in [0.717, 1.165) is 35.3 Å². The van der Waals surface area contributed by atoms with Crippen molar-refractivity contribution in [1.82, 2.24) is 24.7 Å². The maximum absolute atomic E-state index is 5.94. The number of nitrogens with one attached hydrogen (secondary N) is 1. The number of nitrogens with zero attached hydrogens (tertiary/aromatic N) is 4. The highest BCUT2D eigenvalue weighted by molar-refractivity contribution is 6.28. The van der Waals surface area contributed by atoms with Crippen LogP contribution in [0.4, 0.5) is 0 Å². The number of allylic oxidation sites excluding steroid dienone is 1. The summed E-state index contributed by atoms with van der Waals surface area (Å²) >= 11 is 5.94. The Morgan fingerprint density at radius 3 is 3.16 bits per heavy atom. The first-order valence-corrected chi connectivity index (χ1v) is 6.30. The molecule has 0 amide bonds. The van der Waals surface area contributed by atoms with E-state index in [0.29, 0.717) is 0 Å². The van der Waals surface area contributed by atoms with Gasteiger partial charge in [-0.25, -0.2) is 4.98 Å². The standard InChI is InChI=1S/C13H12ClN5/c1-2-3-6-19-8-9(7-16-19)11-10-4-5-15-12(10)18-13(14)17-11/h2,4-5,7-8H,1,3,6H2,(H,15,17,18). The summed E-state index contributed by atoms with van der Waals surface area (Å²) < 4.78 is 1.87. The van der Waals surface area contributed by atoms with Gasteiger partial charge in [0.15, 0.2) is 0 Å². The Balaban J connectivity index is 2.05. The third-order valence-corrected chi connectivity index (χ3v) is 3.03. The number of H-pyrrole nitrogens is 1. The molecule has 0 spiro atoms. The Hall–Kier alpha value is -2.14. The molecule has 0 radical (unpaired) electrons. The number of hydrogen-bond acceptors (Lipinski definition) is 3. The molecule has 0 saturated carbocycles. The average molecular weight is 274 g/mol. The second-order valence-corrected chi connectivity index (χ2v) is 4.49. The van der Waals surface area contributed by atoms with Crippen LogP contribution in [0.15, 0.2) is 37.3 Å². The maximum Gasteiger partial charge on any atom is 0.224 e. The molecule has 0 unspecified atom stereocenters. The number of fused-ring (bicyclic) bond motifs is 1. The molecule has 3 rings (SSSR count). The molecule has 0 aliphatic heterocycles. The van der Waals surface area contributed by atoms with Crippen LogP contribution in [-0.2, 0) is 6.54 Å². The van der Waals surface area contributed by atoms with Gasteiger partial charge in [0.05, 0.1) is 11.9 Å². The number of aromatic nitrogens is 5. The van der Waals surface area contributed by atoms with Gasteiger partial charge in [-0.15, -0.1) is 6.58 Å². The number of aryl methyl sites for hydroxylation is 1. The van der Waals surface area contributed by atoms with E-state index in [9.17, 15) is 0 Å². The zero-order valence-electron chi connectivity index (χ0n) is 10.2. The SMILES string of the molecule is C=CCCn1cc(-c2nc(Cl)nc3[nH]ccc23)cn1. The van der Waals surface area contributed by atoms with Gasteiger partial charge in [-0.3, -0.25) is 4.68 Å². The van der Waals surface area contributed by atoms with Crippen molar-refractivity contribution < 1.29 is 0 Å². The van der Waals surface area contributed by atoms with E-state index in [1.807, 2.05) is 29.2 Å².